The summed E-state index contributed by atoms with van der Waals surface area (Å²) in [6.45, 7) is 2.02. The van der Waals surface area contributed by atoms with E-state index in [9.17, 15) is 0 Å². The fourth-order valence-electron chi connectivity index (χ4n) is 2.40. The van der Waals surface area contributed by atoms with E-state index < -0.39 is 0 Å². The first-order valence-electron chi connectivity index (χ1n) is 6.39. The zero-order valence-corrected chi connectivity index (χ0v) is 11.0. The molecule has 1 saturated heterocycles. The highest BCUT2D eigenvalue weighted by Gasteiger charge is 2.20. The molecule has 1 aliphatic heterocycles. The Morgan fingerprint density at radius 3 is 2.78 bits per heavy atom. The van der Waals surface area contributed by atoms with E-state index in [1.807, 2.05) is 30.5 Å². The van der Waals surface area contributed by atoms with Crippen LogP contribution in [0.25, 0.3) is 10.9 Å². The molecule has 3 rings (SSSR count). The van der Waals surface area contributed by atoms with Crippen LogP contribution < -0.4 is 4.90 Å². The van der Waals surface area contributed by atoms with Crippen molar-refractivity contribution in [3.05, 3.63) is 30.5 Å². The normalized spacial score (nSPS) is 17.3. The van der Waals surface area contributed by atoms with Crippen LogP contribution in [0.15, 0.2) is 30.5 Å². The molecule has 4 heteroatoms. The van der Waals surface area contributed by atoms with Crippen molar-refractivity contribution in [2.75, 3.05) is 23.9 Å². The molecule has 2 aromatic rings. The average Bonchev–Trinajstić information content (AvgIpc) is 2.47. The average molecular weight is 262 g/mol. The maximum atomic E-state index is 5.90. The van der Waals surface area contributed by atoms with E-state index >= 15 is 0 Å². The summed E-state index contributed by atoms with van der Waals surface area (Å²) in [6.07, 6.45) is 4.19. The first-order valence-corrected chi connectivity index (χ1v) is 6.93. The third kappa shape index (κ3) is 2.27. The van der Waals surface area contributed by atoms with Crippen molar-refractivity contribution >= 4 is 28.5 Å². The Balaban J connectivity index is 1.82. The number of hydrogen-bond donors (Lipinski definition) is 0. The summed E-state index contributed by atoms with van der Waals surface area (Å²) in [4.78, 5) is 11.4. The molecule has 0 aliphatic carbocycles. The van der Waals surface area contributed by atoms with Crippen LogP contribution in [0.1, 0.15) is 12.8 Å². The zero-order valence-electron chi connectivity index (χ0n) is 10.2. The van der Waals surface area contributed by atoms with Gasteiger partial charge in [-0.05, 0) is 24.8 Å². The minimum Gasteiger partial charge on any atom is -0.341 e. The monoisotopic (exact) mass is 261 g/mol. The lowest BCUT2D eigenvalue weighted by Crippen LogP contribution is -2.35. The van der Waals surface area contributed by atoms with Gasteiger partial charge >= 0.3 is 0 Å². The number of fused-ring (bicyclic) bond motifs is 1. The highest BCUT2D eigenvalue weighted by Crippen LogP contribution is 2.22. The molecule has 0 bridgehead atoms. The smallest absolute Gasteiger partial charge is 0.225 e. The minimum atomic E-state index is 0.656. The van der Waals surface area contributed by atoms with Gasteiger partial charge in [-0.3, -0.25) is 0 Å². The Hall–Kier alpha value is -1.35. The summed E-state index contributed by atoms with van der Waals surface area (Å²) < 4.78 is 0. The predicted molar refractivity (Wildman–Crippen MR) is 75.2 cm³/mol. The van der Waals surface area contributed by atoms with Gasteiger partial charge in [0.2, 0.25) is 5.95 Å². The van der Waals surface area contributed by atoms with Crippen LogP contribution in [-0.4, -0.2) is 28.9 Å². The van der Waals surface area contributed by atoms with Crippen molar-refractivity contribution in [1.82, 2.24) is 9.97 Å². The first-order chi connectivity index (χ1) is 8.86. The number of anilines is 1. The zero-order chi connectivity index (χ0) is 12.4. The second kappa shape index (κ2) is 5.11. The van der Waals surface area contributed by atoms with Crippen LogP contribution in [0, 0.1) is 5.92 Å². The number of hydrogen-bond acceptors (Lipinski definition) is 3. The molecule has 2 heterocycles. The Labute approximate surface area is 112 Å². The van der Waals surface area contributed by atoms with E-state index in [0.717, 1.165) is 48.7 Å². The first kappa shape index (κ1) is 11.7. The summed E-state index contributed by atoms with van der Waals surface area (Å²) in [5, 5.41) is 1.09. The van der Waals surface area contributed by atoms with Gasteiger partial charge in [0, 0.05) is 30.6 Å². The summed E-state index contributed by atoms with van der Waals surface area (Å²) in [5.74, 6) is 2.27. The fraction of sp³-hybridized carbons (Fsp3) is 0.429. The van der Waals surface area contributed by atoms with Gasteiger partial charge in [-0.2, -0.15) is 0 Å². The van der Waals surface area contributed by atoms with Crippen LogP contribution in [0.4, 0.5) is 5.95 Å². The van der Waals surface area contributed by atoms with E-state index in [0.29, 0.717) is 5.92 Å². The predicted octanol–water partition coefficient (Wildman–Crippen LogP) is 3.09. The molecule has 0 saturated carbocycles. The molecular weight excluding hydrogens is 246 g/mol. The highest BCUT2D eigenvalue weighted by molar-refractivity contribution is 6.18. The number of aromatic nitrogens is 2. The van der Waals surface area contributed by atoms with Gasteiger partial charge in [0.25, 0.3) is 0 Å². The molecule has 18 heavy (non-hydrogen) atoms. The summed E-state index contributed by atoms with van der Waals surface area (Å²) in [6, 6.07) is 8.10. The molecule has 0 radical (unpaired) electrons. The molecule has 1 aromatic heterocycles. The summed E-state index contributed by atoms with van der Waals surface area (Å²) in [5.41, 5.74) is 1.02. The number of para-hydroxylation sites is 1. The molecular formula is C14H16ClN3. The van der Waals surface area contributed by atoms with E-state index in [2.05, 4.69) is 14.9 Å². The van der Waals surface area contributed by atoms with Gasteiger partial charge in [0.1, 0.15) is 0 Å². The van der Waals surface area contributed by atoms with E-state index in [1.165, 1.54) is 0 Å². The second-order valence-electron chi connectivity index (χ2n) is 4.81. The van der Waals surface area contributed by atoms with Crippen LogP contribution in [0.5, 0.6) is 0 Å². The largest absolute Gasteiger partial charge is 0.341 e. The van der Waals surface area contributed by atoms with Gasteiger partial charge < -0.3 is 4.90 Å². The summed E-state index contributed by atoms with van der Waals surface area (Å²) >= 11 is 5.90. The minimum absolute atomic E-state index is 0.656. The lowest BCUT2D eigenvalue weighted by atomic mass is 9.99. The molecule has 0 atom stereocenters. The van der Waals surface area contributed by atoms with Gasteiger partial charge in [0.05, 0.1) is 5.52 Å². The molecule has 1 aromatic carbocycles. The maximum absolute atomic E-state index is 5.90. The Morgan fingerprint density at radius 2 is 2.00 bits per heavy atom. The quantitative estimate of drug-likeness (QED) is 0.778. The van der Waals surface area contributed by atoms with Crippen LogP contribution >= 0.6 is 11.6 Å². The topological polar surface area (TPSA) is 29.0 Å². The number of rotatable bonds is 2. The Bertz CT molecular complexity index is 535. The molecule has 0 N–H and O–H groups in total. The number of benzene rings is 1. The van der Waals surface area contributed by atoms with Crippen molar-refractivity contribution in [1.29, 1.82) is 0 Å². The number of piperidine rings is 1. The molecule has 94 valence electrons. The molecule has 0 amide bonds. The molecule has 1 aliphatic rings. The van der Waals surface area contributed by atoms with E-state index in [4.69, 9.17) is 11.6 Å². The highest BCUT2D eigenvalue weighted by atomic mass is 35.5. The Kier molecular flexibility index (Phi) is 3.33. The fourth-order valence-corrected chi connectivity index (χ4v) is 2.71. The molecule has 0 unspecified atom stereocenters. The molecule has 3 nitrogen and oxygen atoms in total. The van der Waals surface area contributed by atoms with Crippen LogP contribution in [0.3, 0.4) is 0 Å². The summed E-state index contributed by atoms with van der Waals surface area (Å²) in [7, 11) is 0. The van der Waals surface area contributed by atoms with Crippen molar-refractivity contribution in [3.63, 3.8) is 0 Å². The van der Waals surface area contributed by atoms with Gasteiger partial charge in [-0.1, -0.05) is 18.2 Å². The number of nitrogens with zero attached hydrogens (tertiary/aromatic N) is 3. The van der Waals surface area contributed by atoms with Gasteiger partial charge in [0.15, 0.2) is 0 Å². The third-order valence-corrected chi connectivity index (χ3v) is 4.03. The van der Waals surface area contributed by atoms with Crippen LogP contribution in [-0.2, 0) is 0 Å². The van der Waals surface area contributed by atoms with Crippen molar-refractivity contribution < 1.29 is 0 Å². The van der Waals surface area contributed by atoms with E-state index in [-0.39, 0.29) is 0 Å². The van der Waals surface area contributed by atoms with Gasteiger partial charge in [-0.25, -0.2) is 9.97 Å². The lowest BCUT2D eigenvalue weighted by Gasteiger charge is -2.31. The molecule has 0 spiro atoms. The van der Waals surface area contributed by atoms with Crippen LogP contribution in [0.2, 0.25) is 0 Å². The van der Waals surface area contributed by atoms with Crippen molar-refractivity contribution in [2.24, 2.45) is 5.92 Å². The second-order valence-corrected chi connectivity index (χ2v) is 5.12. The number of alkyl halides is 1. The maximum Gasteiger partial charge on any atom is 0.225 e. The van der Waals surface area contributed by atoms with Crippen molar-refractivity contribution in [2.45, 2.75) is 12.8 Å². The third-order valence-electron chi connectivity index (χ3n) is 3.59. The SMILES string of the molecule is ClCC1CCN(c2ncc3ccccc3n2)CC1. The van der Waals surface area contributed by atoms with Gasteiger partial charge in [-0.15, -0.1) is 11.6 Å². The lowest BCUT2D eigenvalue weighted by molar-refractivity contribution is 0.439. The van der Waals surface area contributed by atoms with Crippen molar-refractivity contribution in [3.8, 4) is 0 Å². The van der Waals surface area contributed by atoms with E-state index in [1.54, 1.807) is 0 Å². The molecule has 1 fully saturated rings. The number of halogens is 1. The standard InChI is InChI=1S/C14H16ClN3/c15-9-11-5-7-18(8-6-11)14-16-10-12-3-1-2-4-13(12)17-14/h1-4,10-11H,5-9H2. The Morgan fingerprint density at radius 1 is 1.22 bits per heavy atom.